The van der Waals surface area contributed by atoms with Crippen molar-refractivity contribution in [3.05, 3.63) is 29.8 Å². The van der Waals surface area contributed by atoms with Gasteiger partial charge in [-0.2, -0.15) is 5.10 Å². The Morgan fingerprint density at radius 2 is 2.05 bits per heavy atom. The lowest BCUT2D eigenvalue weighted by Crippen LogP contribution is -2.25. The van der Waals surface area contributed by atoms with Gasteiger partial charge in [-0.1, -0.05) is 0 Å². The Bertz CT molecular complexity index is 566. The van der Waals surface area contributed by atoms with Gasteiger partial charge in [0.25, 0.3) is 5.91 Å². The predicted molar refractivity (Wildman–Crippen MR) is 81.9 cm³/mol. The molecule has 1 aromatic carbocycles. The van der Waals surface area contributed by atoms with Crippen molar-refractivity contribution in [1.82, 2.24) is 5.43 Å². The maximum Gasteiger partial charge on any atom is 0.314 e. The summed E-state index contributed by atoms with van der Waals surface area (Å²) in [5, 5.41) is 4.11. The number of rotatable bonds is 5. The fraction of sp³-hybridized carbons (Fsp3) is 0.438. The molecular weight excluding hydrogens is 284 g/mol. The maximum absolute atomic E-state index is 12.0. The van der Waals surface area contributed by atoms with Gasteiger partial charge in [-0.3, -0.25) is 9.59 Å². The highest BCUT2D eigenvalue weighted by Crippen LogP contribution is 2.23. The van der Waals surface area contributed by atoms with Crippen LogP contribution in [0.3, 0.4) is 0 Å². The Kier molecular flexibility index (Phi) is 5.52. The van der Waals surface area contributed by atoms with E-state index in [2.05, 4.69) is 10.5 Å². The number of hydrogen-bond acceptors (Lipinski definition) is 5. The van der Waals surface area contributed by atoms with Crippen molar-refractivity contribution in [3.63, 3.8) is 0 Å². The van der Waals surface area contributed by atoms with E-state index < -0.39 is 0 Å². The molecule has 0 unspecified atom stereocenters. The van der Waals surface area contributed by atoms with Crippen LogP contribution in [0.2, 0.25) is 0 Å². The van der Waals surface area contributed by atoms with E-state index in [1.165, 1.54) is 0 Å². The SMILES string of the molecule is CCOC(=O)[C@H]1CCC/C1=N\NC(=O)c1ccc(OC)cc1. The largest absolute Gasteiger partial charge is 0.497 e. The van der Waals surface area contributed by atoms with Crippen molar-refractivity contribution in [2.45, 2.75) is 26.2 Å². The molecule has 0 aromatic heterocycles. The molecule has 1 N–H and O–H groups in total. The highest BCUT2D eigenvalue weighted by Gasteiger charge is 2.30. The Morgan fingerprint density at radius 3 is 2.68 bits per heavy atom. The monoisotopic (exact) mass is 304 g/mol. The fourth-order valence-corrected chi connectivity index (χ4v) is 2.39. The van der Waals surface area contributed by atoms with E-state index in [1.54, 1.807) is 38.3 Å². The molecule has 0 radical (unpaired) electrons. The number of methoxy groups -OCH3 is 1. The second-order valence-corrected chi connectivity index (χ2v) is 4.97. The molecule has 22 heavy (non-hydrogen) atoms. The Hall–Kier alpha value is -2.37. The smallest absolute Gasteiger partial charge is 0.314 e. The standard InChI is InChI=1S/C16H20N2O4/c1-3-22-16(20)13-5-4-6-14(13)17-18-15(19)11-7-9-12(21-2)10-8-11/h7-10,13H,3-6H2,1-2H3,(H,18,19)/b17-14+/t13-/m0/s1. The predicted octanol–water partition coefficient (Wildman–Crippen LogP) is 2.14. The van der Waals surface area contributed by atoms with Gasteiger partial charge >= 0.3 is 5.97 Å². The third kappa shape index (κ3) is 3.84. The second kappa shape index (κ2) is 7.59. The van der Waals surface area contributed by atoms with Gasteiger partial charge < -0.3 is 9.47 Å². The molecule has 1 amide bonds. The molecular formula is C16H20N2O4. The van der Waals surface area contributed by atoms with E-state index in [1.807, 2.05) is 0 Å². The van der Waals surface area contributed by atoms with Crippen molar-refractivity contribution in [2.24, 2.45) is 11.0 Å². The lowest BCUT2D eigenvalue weighted by molar-refractivity contribution is -0.145. The lowest BCUT2D eigenvalue weighted by Gasteiger charge is -2.10. The van der Waals surface area contributed by atoms with Gasteiger partial charge in [-0.25, -0.2) is 5.43 Å². The Morgan fingerprint density at radius 1 is 1.32 bits per heavy atom. The van der Waals surface area contributed by atoms with Crippen molar-refractivity contribution in [2.75, 3.05) is 13.7 Å². The van der Waals surface area contributed by atoms with Crippen LogP contribution in [0, 0.1) is 5.92 Å². The van der Waals surface area contributed by atoms with Gasteiger partial charge in [-0.05, 0) is 50.5 Å². The summed E-state index contributed by atoms with van der Waals surface area (Å²) in [4.78, 5) is 23.8. The first-order chi connectivity index (χ1) is 10.7. The van der Waals surface area contributed by atoms with Crippen molar-refractivity contribution in [1.29, 1.82) is 0 Å². The van der Waals surface area contributed by atoms with Crippen LogP contribution in [0.1, 0.15) is 36.5 Å². The maximum atomic E-state index is 12.0. The summed E-state index contributed by atoms with van der Waals surface area (Å²) in [5.41, 5.74) is 3.67. The van der Waals surface area contributed by atoms with E-state index >= 15 is 0 Å². The normalized spacial score (nSPS) is 19.0. The topological polar surface area (TPSA) is 77.0 Å². The van der Waals surface area contributed by atoms with Gasteiger partial charge in [0.2, 0.25) is 0 Å². The lowest BCUT2D eigenvalue weighted by atomic mass is 10.1. The zero-order chi connectivity index (χ0) is 15.9. The third-order valence-electron chi connectivity index (χ3n) is 3.55. The molecule has 0 saturated heterocycles. The zero-order valence-corrected chi connectivity index (χ0v) is 12.8. The van der Waals surface area contributed by atoms with E-state index in [4.69, 9.17) is 9.47 Å². The van der Waals surface area contributed by atoms with Crippen LogP contribution in [0.25, 0.3) is 0 Å². The van der Waals surface area contributed by atoms with Gasteiger partial charge in [-0.15, -0.1) is 0 Å². The van der Waals surface area contributed by atoms with E-state index in [-0.39, 0.29) is 17.8 Å². The summed E-state index contributed by atoms with van der Waals surface area (Å²) in [6.07, 6.45) is 2.29. The molecule has 6 nitrogen and oxygen atoms in total. The summed E-state index contributed by atoms with van der Waals surface area (Å²) in [6, 6.07) is 6.73. The first-order valence-electron chi connectivity index (χ1n) is 7.33. The van der Waals surface area contributed by atoms with Gasteiger partial charge in [0, 0.05) is 5.56 Å². The van der Waals surface area contributed by atoms with Crippen LogP contribution in [0.5, 0.6) is 5.75 Å². The number of ether oxygens (including phenoxy) is 2. The molecule has 118 valence electrons. The summed E-state index contributed by atoms with van der Waals surface area (Å²) in [6.45, 7) is 2.12. The molecule has 0 aliphatic heterocycles. The number of amides is 1. The number of carbonyl (C=O) groups excluding carboxylic acids is 2. The van der Waals surface area contributed by atoms with Crippen molar-refractivity contribution >= 4 is 17.6 Å². The third-order valence-corrected chi connectivity index (χ3v) is 3.55. The number of nitrogens with one attached hydrogen (secondary N) is 1. The quantitative estimate of drug-likeness (QED) is 0.668. The van der Waals surface area contributed by atoms with Gasteiger partial charge in [0.05, 0.1) is 25.3 Å². The summed E-state index contributed by atoms with van der Waals surface area (Å²) >= 11 is 0. The van der Waals surface area contributed by atoms with Crippen molar-refractivity contribution in [3.8, 4) is 5.75 Å². The molecule has 1 atom stereocenters. The van der Waals surface area contributed by atoms with Gasteiger partial charge in [0.1, 0.15) is 5.75 Å². The number of carbonyl (C=O) groups is 2. The van der Waals surface area contributed by atoms with E-state index in [9.17, 15) is 9.59 Å². The van der Waals surface area contributed by atoms with Crippen LogP contribution in [-0.4, -0.2) is 31.3 Å². The van der Waals surface area contributed by atoms with Crippen LogP contribution >= 0.6 is 0 Å². The number of hydrazone groups is 1. The minimum absolute atomic E-state index is 0.266. The second-order valence-electron chi connectivity index (χ2n) is 4.97. The first kappa shape index (κ1) is 16.0. The number of hydrogen-bond donors (Lipinski definition) is 1. The number of benzene rings is 1. The molecule has 1 aliphatic rings. The first-order valence-corrected chi connectivity index (χ1v) is 7.33. The van der Waals surface area contributed by atoms with Crippen LogP contribution in [-0.2, 0) is 9.53 Å². The van der Waals surface area contributed by atoms with Crippen molar-refractivity contribution < 1.29 is 19.1 Å². The molecule has 6 heteroatoms. The molecule has 0 bridgehead atoms. The van der Waals surface area contributed by atoms with Crippen LogP contribution < -0.4 is 10.2 Å². The Balaban J connectivity index is 2.00. The summed E-state index contributed by atoms with van der Waals surface area (Å²) in [5.74, 6) is -0.237. The molecule has 1 aliphatic carbocycles. The average molecular weight is 304 g/mol. The fourth-order valence-electron chi connectivity index (χ4n) is 2.39. The van der Waals surface area contributed by atoms with E-state index in [0.29, 0.717) is 30.1 Å². The Labute approximate surface area is 129 Å². The van der Waals surface area contributed by atoms with E-state index in [0.717, 1.165) is 12.8 Å². The minimum Gasteiger partial charge on any atom is -0.497 e. The molecule has 0 spiro atoms. The van der Waals surface area contributed by atoms with Gasteiger partial charge in [0.15, 0.2) is 0 Å². The molecule has 1 aromatic rings. The molecule has 1 fully saturated rings. The highest BCUT2D eigenvalue weighted by molar-refractivity contribution is 6.04. The summed E-state index contributed by atoms with van der Waals surface area (Å²) < 4.78 is 10.1. The average Bonchev–Trinajstić information content (AvgIpc) is 3.01. The molecule has 0 heterocycles. The molecule has 1 saturated carbocycles. The van der Waals surface area contributed by atoms with Crippen LogP contribution in [0.4, 0.5) is 0 Å². The number of esters is 1. The summed E-state index contributed by atoms with van der Waals surface area (Å²) in [7, 11) is 1.57. The zero-order valence-electron chi connectivity index (χ0n) is 12.8. The van der Waals surface area contributed by atoms with Crippen LogP contribution in [0.15, 0.2) is 29.4 Å². The molecule has 2 rings (SSSR count). The minimum atomic E-state index is -0.337. The number of nitrogens with zero attached hydrogens (tertiary/aromatic N) is 1. The highest BCUT2D eigenvalue weighted by atomic mass is 16.5.